The van der Waals surface area contributed by atoms with E-state index in [0.29, 0.717) is 5.75 Å². The molecule has 2 aromatic rings. The Labute approximate surface area is 117 Å². The van der Waals surface area contributed by atoms with Crippen molar-refractivity contribution in [2.45, 2.75) is 32.6 Å². The van der Waals surface area contributed by atoms with E-state index in [-0.39, 0.29) is 11.2 Å². The number of aromatic nitrogens is 3. The molecule has 100 valence electrons. The molecule has 0 radical (unpaired) electrons. The largest absolute Gasteiger partial charge is 0.288 e. The maximum absolute atomic E-state index is 11.1. The van der Waals surface area contributed by atoms with Crippen LogP contribution in [0.3, 0.4) is 0 Å². The number of thioether (sulfide) groups is 1. The maximum atomic E-state index is 11.1. The zero-order valence-corrected chi connectivity index (χ0v) is 12.1. The minimum atomic E-state index is 0.118. The van der Waals surface area contributed by atoms with Crippen LogP contribution in [0, 0.1) is 0 Å². The third kappa shape index (κ3) is 3.23. The Morgan fingerprint density at radius 2 is 2.16 bits per heavy atom. The van der Waals surface area contributed by atoms with Crippen LogP contribution < -0.4 is 0 Å². The molecule has 5 heteroatoms. The first-order valence-corrected chi connectivity index (χ1v) is 7.19. The quantitative estimate of drug-likeness (QED) is 0.859. The Morgan fingerprint density at radius 3 is 2.84 bits per heavy atom. The zero-order valence-electron chi connectivity index (χ0n) is 11.3. The minimum Gasteiger partial charge on any atom is -0.288 e. The highest BCUT2D eigenvalue weighted by atomic mass is 32.2. The van der Waals surface area contributed by atoms with Gasteiger partial charge in [-0.05, 0) is 31.5 Å². The summed E-state index contributed by atoms with van der Waals surface area (Å²) in [5, 5.41) is 4.45. The van der Waals surface area contributed by atoms with Crippen LogP contribution in [0.15, 0.2) is 30.6 Å². The first-order valence-electron chi connectivity index (χ1n) is 6.20. The van der Waals surface area contributed by atoms with Crippen molar-refractivity contribution >= 4 is 16.9 Å². The molecular formula is C14H17N3OS. The standard InChI is InChI=1S/C14H17N3OS/c1-10(2)17-13(6-8-16-17)14-12(5-4-7-15-14)9-19-11(3)18/h4-8,10H,9H2,1-3H3. The van der Waals surface area contributed by atoms with Crippen molar-refractivity contribution in [3.05, 3.63) is 36.2 Å². The predicted octanol–water partition coefficient (Wildman–Crippen LogP) is 3.31. The second kappa shape index (κ2) is 6.02. The number of carbonyl (C=O) groups excluding carboxylic acids is 1. The monoisotopic (exact) mass is 275 g/mol. The van der Waals surface area contributed by atoms with Gasteiger partial charge in [0.05, 0.1) is 11.4 Å². The van der Waals surface area contributed by atoms with Gasteiger partial charge < -0.3 is 0 Å². The van der Waals surface area contributed by atoms with Crippen molar-refractivity contribution in [3.8, 4) is 11.4 Å². The molecule has 0 aliphatic carbocycles. The zero-order chi connectivity index (χ0) is 13.8. The third-order valence-corrected chi connectivity index (χ3v) is 3.59. The number of pyridine rings is 1. The third-order valence-electron chi connectivity index (χ3n) is 2.72. The van der Waals surface area contributed by atoms with Gasteiger partial charge in [-0.2, -0.15) is 5.10 Å². The van der Waals surface area contributed by atoms with Crippen molar-refractivity contribution < 1.29 is 4.79 Å². The lowest BCUT2D eigenvalue weighted by Crippen LogP contribution is -2.06. The summed E-state index contributed by atoms with van der Waals surface area (Å²) in [6.07, 6.45) is 3.56. The number of hydrogen-bond donors (Lipinski definition) is 0. The average molecular weight is 275 g/mol. The molecule has 0 aromatic carbocycles. The van der Waals surface area contributed by atoms with Gasteiger partial charge >= 0.3 is 0 Å². The lowest BCUT2D eigenvalue weighted by Gasteiger charge is -2.13. The van der Waals surface area contributed by atoms with Gasteiger partial charge in [0.2, 0.25) is 0 Å². The lowest BCUT2D eigenvalue weighted by atomic mass is 10.1. The van der Waals surface area contributed by atoms with Crippen molar-refractivity contribution in [2.24, 2.45) is 0 Å². The van der Waals surface area contributed by atoms with Gasteiger partial charge in [-0.3, -0.25) is 14.5 Å². The molecule has 0 unspecified atom stereocenters. The molecule has 0 aliphatic rings. The molecule has 2 rings (SSSR count). The van der Waals surface area contributed by atoms with Gasteiger partial charge in [0.1, 0.15) is 0 Å². The second-order valence-electron chi connectivity index (χ2n) is 4.55. The van der Waals surface area contributed by atoms with Gasteiger partial charge in [-0.15, -0.1) is 0 Å². The van der Waals surface area contributed by atoms with Crippen LogP contribution in [-0.2, 0) is 10.5 Å². The maximum Gasteiger partial charge on any atom is 0.186 e. The van der Waals surface area contributed by atoms with Crippen molar-refractivity contribution in [3.63, 3.8) is 0 Å². The van der Waals surface area contributed by atoms with E-state index in [2.05, 4.69) is 23.9 Å². The average Bonchev–Trinajstić information content (AvgIpc) is 2.85. The molecule has 0 atom stereocenters. The summed E-state index contributed by atoms with van der Waals surface area (Å²) in [7, 11) is 0. The highest BCUT2D eigenvalue weighted by Gasteiger charge is 2.13. The topological polar surface area (TPSA) is 47.8 Å². The first-order chi connectivity index (χ1) is 9.09. The van der Waals surface area contributed by atoms with Crippen LogP contribution in [0.25, 0.3) is 11.4 Å². The van der Waals surface area contributed by atoms with Gasteiger partial charge in [0.25, 0.3) is 0 Å². The van der Waals surface area contributed by atoms with E-state index in [9.17, 15) is 4.79 Å². The smallest absolute Gasteiger partial charge is 0.186 e. The predicted molar refractivity (Wildman–Crippen MR) is 77.8 cm³/mol. The second-order valence-corrected chi connectivity index (χ2v) is 5.70. The summed E-state index contributed by atoms with van der Waals surface area (Å²) in [4.78, 5) is 15.6. The normalized spacial score (nSPS) is 10.9. The molecule has 0 saturated carbocycles. The van der Waals surface area contributed by atoms with Gasteiger partial charge in [0.15, 0.2) is 5.12 Å². The van der Waals surface area contributed by atoms with Crippen LogP contribution in [0.2, 0.25) is 0 Å². The van der Waals surface area contributed by atoms with E-state index >= 15 is 0 Å². The van der Waals surface area contributed by atoms with Gasteiger partial charge in [0, 0.05) is 31.1 Å². The number of hydrogen-bond acceptors (Lipinski definition) is 4. The van der Waals surface area contributed by atoms with E-state index in [1.807, 2.05) is 22.9 Å². The molecule has 4 nitrogen and oxygen atoms in total. The van der Waals surface area contributed by atoms with E-state index in [4.69, 9.17) is 0 Å². The highest BCUT2D eigenvalue weighted by molar-refractivity contribution is 8.12. The van der Waals surface area contributed by atoms with E-state index < -0.39 is 0 Å². The van der Waals surface area contributed by atoms with Crippen LogP contribution in [0.4, 0.5) is 0 Å². The van der Waals surface area contributed by atoms with E-state index in [1.165, 1.54) is 11.8 Å². The van der Waals surface area contributed by atoms with Crippen molar-refractivity contribution in [1.29, 1.82) is 0 Å². The first kappa shape index (κ1) is 13.8. The van der Waals surface area contributed by atoms with Gasteiger partial charge in [-0.1, -0.05) is 17.8 Å². The molecule has 0 spiro atoms. The molecule has 2 aromatic heterocycles. The highest BCUT2D eigenvalue weighted by Crippen LogP contribution is 2.26. The SMILES string of the molecule is CC(=O)SCc1cccnc1-c1ccnn1C(C)C. The molecular weight excluding hydrogens is 258 g/mol. The number of carbonyl (C=O) groups is 1. The summed E-state index contributed by atoms with van der Waals surface area (Å²) < 4.78 is 1.95. The fourth-order valence-corrected chi connectivity index (χ4v) is 2.47. The molecule has 0 fully saturated rings. The Bertz CT molecular complexity index is 578. The van der Waals surface area contributed by atoms with Crippen molar-refractivity contribution in [2.75, 3.05) is 0 Å². The molecule has 0 aliphatic heterocycles. The Hall–Kier alpha value is -1.62. The Kier molecular flexibility index (Phi) is 4.37. The van der Waals surface area contributed by atoms with Crippen LogP contribution in [-0.4, -0.2) is 19.9 Å². The fourth-order valence-electron chi connectivity index (χ4n) is 1.88. The van der Waals surface area contributed by atoms with Crippen LogP contribution in [0.5, 0.6) is 0 Å². The summed E-state index contributed by atoms with van der Waals surface area (Å²) in [5.74, 6) is 0.641. The van der Waals surface area contributed by atoms with Crippen LogP contribution >= 0.6 is 11.8 Å². The molecule has 0 saturated heterocycles. The summed E-state index contributed by atoms with van der Waals surface area (Å²) in [6.45, 7) is 5.76. The number of nitrogens with zero attached hydrogens (tertiary/aromatic N) is 3. The summed E-state index contributed by atoms with van der Waals surface area (Å²) >= 11 is 1.30. The molecule has 0 bridgehead atoms. The van der Waals surface area contributed by atoms with E-state index in [1.54, 1.807) is 19.3 Å². The minimum absolute atomic E-state index is 0.118. The summed E-state index contributed by atoms with van der Waals surface area (Å²) in [6, 6.07) is 6.15. The van der Waals surface area contributed by atoms with Gasteiger partial charge in [-0.25, -0.2) is 0 Å². The summed E-state index contributed by atoms with van der Waals surface area (Å²) in [5.41, 5.74) is 2.96. The molecule has 0 amide bonds. The Balaban J connectivity index is 2.38. The number of rotatable bonds is 4. The molecule has 2 heterocycles. The molecule has 0 N–H and O–H groups in total. The fraction of sp³-hybridized carbons (Fsp3) is 0.357. The lowest BCUT2D eigenvalue weighted by molar-refractivity contribution is -0.109. The van der Waals surface area contributed by atoms with Crippen LogP contribution in [0.1, 0.15) is 32.4 Å². The van der Waals surface area contributed by atoms with Crippen molar-refractivity contribution in [1.82, 2.24) is 14.8 Å². The molecule has 19 heavy (non-hydrogen) atoms. The Morgan fingerprint density at radius 1 is 1.37 bits per heavy atom. The van der Waals surface area contributed by atoms with E-state index in [0.717, 1.165) is 17.0 Å².